The number of fused-ring (bicyclic) bond motifs is 1. The number of nitrogens with one attached hydrogen (secondary N) is 1. The van der Waals surface area contributed by atoms with Crippen LogP contribution in [0.5, 0.6) is 0 Å². The molecule has 2 aromatic heterocycles. The molecule has 1 N–H and O–H groups in total. The molecule has 4 rings (SSSR count). The maximum atomic E-state index is 12.9. The smallest absolute Gasteiger partial charge is 0.272 e. The summed E-state index contributed by atoms with van der Waals surface area (Å²) in [5.74, 6) is 0.651. The van der Waals surface area contributed by atoms with Crippen LogP contribution in [0.1, 0.15) is 16.2 Å². The third-order valence-electron chi connectivity index (χ3n) is 4.48. The summed E-state index contributed by atoms with van der Waals surface area (Å²) in [5, 5.41) is 3.94. The normalized spacial score (nSPS) is 14.1. The van der Waals surface area contributed by atoms with Gasteiger partial charge in [-0.25, -0.2) is 4.98 Å². The Morgan fingerprint density at radius 3 is 2.74 bits per heavy atom. The molecule has 0 radical (unpaired) electrons. The number of aryl methyl sites for hydroxylation is 1. The first kappa shape index (κ1) is 19.5. The van der Waals surface area contributed by atoms with Gasteiger partial charge in [0.1, 0.15) is 5.69 Å². The van der Waals surface area contributed by atoms with Gasteiger partial charge in [-0.15, -0.1) is 12.4 Å². The number of anilines is 2. The maximum Gasteiger partial charge on any atom is 0.272 e. The van der Waals surface area contributed by atoms with Crippen molar-refractivity contribution < 1.29 is 9.53 Å². The lowest BCUT2D eigenvalue weighted by Crippen LogP contribution is -2.41. The van der Waals surface area contributed by atoms with E-state index in [9.17, 15) is 4.79 Å². The Bertz CT molecular complexity index is 967. The summed E-state index contributed by atoms with van der Waals surface area (Å²) in [5.41, 5.74) is 3.23. The average molecular weight is 407 g/mol. The largest absolute Gasteiger partial charge is 0.378 e. The molecule has 1 aliphatic rings. The highest BCUT2D eigenvalue weighted by molar-refractivity contribution is 6.30. The summed E-state index contributed by atoms with van der Waals surface area (Å²) >= 11 is 6.06. The summed E-state index contributed by atoms with van der Waals surface area (Å²) in [4.78, 5) is 19.3. The Morgan fingerprint density at radius 2 is 2.00 bits per heavy atom. The Kier molecular flexibility index (Phi) is 5.89. The van der Waals surface area contributed by atoms with E-state index in [4.69, 9.17) is 16.3 Å². The number of nitrogens with zero attached hydrogens (tertiary/aromatic N) is 3. The molecule has 3 aromatic rings. The number of aromatic nitrogens is 2. The quantitative estimate of drug-likeness (QED) is 0.715. The number of ether oxygens (including phenoxy) is 1. The molecule has 1 aromatic carbocycles. The monoisotopic (exact) mass is 406 g/mol. The van der Waals surface area contributed by atoms with Crippen molar-refractivity contribution in [1.82, 2.24) is 14.3 Å². The minimum absolute atomic E-state index is 0. The minimum Gasteiger partial charge on any atom is -0.378 e. The predicted octanol–water partition coefficient (Wildman–Crippen LogP) is 3.93. The SMILES string of the molecule is Cc1ccc2c(Nc3cccc(Cl)c3)ncc(C(=O)N3CCOCC3)n12.Cl. The van der Waals surface area contributed by atoms with Crippen LogP contribution in [-0.2, 0) is 4.74 Å². The van der Waals surface area contributed by atoms with Gasteiger partial charge >= 0.3 is 0 Å². The Labute approximate surface area is 168 Å². The topological polar surface area (TPSA) is 58.9 Å². The predicted molar refractivity (Wildman–Crippen MR) is 109 cm³/mol. The first-order valence-electron chi connectivity index (χ1n) is 8.50. The number of carbonyl (C=O) groups is 1. The summed E-state index contributed by atoms with van der Waals surface area (Å²) in [6.45, 7) is 4.32. The van der Waals surface area contributed by atoms with Gasteiger partial charge in [-0.2, -0.15) is 0 Å². The molecule has 1 aliphatic heterocycles. The number of amides is 1. The highest BCUT2D eigenvalue weighted by Gasteiger charge is 2.22. The van der Waals surface area contributed by atoms with Crippen molar-refractivity contribution in [3.05, 3.63) is 59.0 Å². The molecule has 142 valence electrons. The van der Waals surface area contributed by atoms with Crippen molar-refractivity contribution in [2.24, 2.45) is 0 Å². The Balaban J connectivity index is 0.00000210. The highest BCUT2D eigenvalue weighted by Crippen LogP contribution is 2.25. The zero-order chi connectivity index (χ0) is 18.1. The van der Waals surface area contributed by atoms with Crippen molar-refractivity contribution in [1.29, 1.82) is 0 Å². The van der Waals surface area contributed by atoms with Gasteiger partial charge in [0.2, 0.25) is 0 Å². The lowest BCUT2D eigenvalue weighted by atomic mass is 10.3. The summed E-state index contributed by atoms with van der Waals surface area (Å²) in [7, 11) is 0. The number of rotatable bonds is 3. The third kappa shape index (κ3) is 3.88. The molecule has 0 spiro atoms. The second-order valence-electron chi connectivity index (χ2n) is 6.23. The number of benzene rings is 1. The van der Waals surface area contributed by atoms with E-state index in [1.165, 1.54) is 0 Å². The molecule has 1 fully saturated rings. The summed E-state index contributed by atoms with van der Waals surface area (Å²) < 4.78 is 7.28. The molecule has 1 saturated heterocycles. The molecule has 0 unspecified atom stereocenters. The van der Waals surface area contributed by atoms with E-state index in [2.05, 4.69) is 10.3 Å². The van der Waals surface area contributed by atoms with Crippen molar-refractivity contribution in [2.75, 3.05) is 31.6 Å². The summed E-state index contributed by atoms with van der Waals surface area (Å²) in [6, 6.07) is 11.4. The van der Waals surface area contributed by atoms with Gasteiger partial charge in [-0.1, -0.05) is 17.7 Å². The van der Waals surface area contributed by atoms with E-state index in [0.29, 0.717) is 42.8 Å². The fraction of sp³-hybridized carbons (Fsp3) is 0.263. The number of morpholine rings is 1. The number of halogens is 2. The minimum atomic E-state index is -0.0283. The summed E-state index contributed by atoms with van der Waals surface area (Å²) in [6.07, 6.45) is 1.63. The van der Waals surface area contributed by atoms with E-state index in [0.717, 1.165) is 16.9 Å². The molecular weight excluding hydrogens is 387 g/mol. The standard InChI is InChI=1S/C19H19ClN4O2.ClH/c1-13-5-6-16-18(22-15-4-2-3-14(20)11-15)21-12-17(24(13)16)19(25)23-7-9-26-10-8-23;/h2-6,11-12H,7-10H2,1H3,(H,21,22);1H. The lowest BCUT2D eigenvalue weighted by Gasteiger charge is -2.27. The van der Waals surface area contributed by atoms with Crippen LogP contribution in [0.3, 0.4) is 0 Å². The van der Waals surface area contributed by atoms with Crippen molar-refractivity contribution in [3.63, 3.8) is 0 Å². The Morgan fingerprint density at radius 1 is 1.22 bits per heavy atom. The molecule has 8 heteroatoms. The van der Waals surface area contributed by atoms with E-state index < -0.39 is 0 Å². The number of carbonyl (C=O) groups excluding carboxylic acids is 1. The van der Waals surface area contributed by atoms with Gasteiger partial charge in [-0.3, -0.25) is 4.79 Å². The number of hydrogen-bond donors (Lipinski definition) is 1. The first-order chi connectivity index (χ1) is 12.6. The van der Waals surface area contributed by atoms with Crippen molar-refractivity contribution in [2.45, 2.75) is 6.92 Å². The molecule has 0 aliphatic carbocycles. The van der Waals surface area contributed by atoms with Crippen LogP contribution in [0.25, 0.3) is 5.52 Å². The molecule has 3 heterocycles. The zero-order valence-corrected chi connectivity index (χ0v) is 16.4. The molecule has 1 amide bonds. The second kappa shape index (κ2) is 8.17. The second-order valence-corrected chi connectivity index (χ2v) is 6.66. The Hall–Kier alpha value is -2.28. The molecule has 0 atom stereocenters. The van der Waals surface area contributed by atoms with Gasteiger partial charge in [-0.05, 0) is 37.3 Å². The van der Waals surface area contributed by atoms with Gasteiger partial charge in [0.15, 0.2) is 5.82 Å². The van der Waals surface area contributed by atoms with Crippen LogP contribution < -0.4 is 5.32 Å². The first-order valence-corrected chi connectivity index (χ1v) is 8.88. The van der Waals surface area contributed by atoms with Crippen LogP contribution >= 0.6 is 24.0 Å². The molecule has 0 saturated carbocycles. The number of hydrogen-bond acceptors (Lipinski definition) is 4. The van der Waals surface area contributed by atoms with Gasteiger partial charge in [0, 0.05) is 29.5 Å². The van der Waals surface area contributed by atoms with Crippen LogP contribution in [0.2, 0.25) is 5.02 Å². The van der Waals surface area contributed by atoms with Crippen LogP contribution in [0, 0.1) is 6.92 Å². The molecule has 6 nitrogen and oxygen atoms in total. The zero-order valence-electron chi connectivity index (χ0n) is 14.8. The van der Waals surface area contributed by atoms with Gasteiger partial charge < -0.3 is 19.4 Å². The van der Waals surface area contributed by atoms with Gasteiger partial charge in [0.05, 0.1) is 24.9 Å². The van der Waals surface area contributed by atoms with E-state index in [1.54, 1.807) is 6.20 Å². The highest BCUT2D eigenvalue weighted by atomic mass is 35.5. The maximum absolute atomic E-state index is 12.9. The average Bonchev–Trinajstić information content (AvgIpc) is 3.05. The van der Waals surface area contributed by atoms with Gasteiger partial charge in [0.25, 0.3) is 5.91 Å². The van der Waals surface area contributed by atoms with E-state index in [-0.39, 0.29) is 18.3 Å². The van der Waals surface area contributed by atoms with Crippen LogP contribution in [0.4, 0.5) is 11.5 Å². The fourth-order valence-electron chi connectivity index (χ4n) is 3.17. The van der Waals surface area contributed by atoms with E-state index >= 15 is 0 Å². The van der Waals surface area contributed by atoms with E-state index in [1.807, 2.05) is 52.6 Å². The molecular formula is C19H20Cl2N4O2. The van der Waals surface area contributed by atoms with Crippen LogP contribution in [-0.4, -0.2) is 46.5 Å². The third-order valence-corrected chi connectivity index (χ3v) is 4.72. The van der Waals surface area contributed by atoms with Crippen LogP contribution in [0.15, 0.2) is 42.6 Å². The molecule has 0 bridgehead atoms. The fourth-order valence-corrected chi connectivity index (χ4v) is 3.36. The van der Waals surface area contributed by atoms with Crippen molar-refractivity contribution in [3.8, 4) is 0 Å². The lowest BCUT2D eigenvalue weighted by molar-refractivity contribution is 0.0297. The molecule has 27 heavy (non-hydrogen) atoms. The van der Waals surface area contributed by atoms with Crippen molar-refractivity contribution >= 4 is 46.9 Å².